The van der Waals surface area contributed by atoms with Gasteiger partial charge >= 0.3 is 0 Å². The molecular formula is C7H13BrO. The van der Waals surface area contributed by atoms with Crippen LogP contribution in [0.15, 0.2) is 0 Å². The fourth-order valence-electron chi connectivity index (χ4n) is 0.564. The first-order chi connectivity index (χ1) is 4.16. The molecule has 2 heteroatoms. The van der Waals surface area contributed by atoms with Crippen molar-refractivity contribution in [2.24, 2.45) is 0 Å². The lowest BCUT2D eigenvalue weighted by atomic mass is 10.1. The molecule has 0 bridgehead atoms. The van der Waals surface area contributed by atoms with E-state index >= 15 is 0 Å². The highest BCUT2D eigenvalue weighted by Gasteiger charge is 2.01. The van der Waals surface area contributed by atoms with E-state index in [1.807, 2.05) is 0 Å². The van der Waals surface area contributed by atoms with Gasteiger partial charge in [0.05, 0.1) is 0 Å². The van der Waals surface area contributed by atoms with Gasteiger partial charge in [0.15, 0.2) is 0 Å². The Hall–Kier alpha value is 0.150. The van der Waals surface area contributed by atoms with E-state index in [9.17, 15) is 4.79 Å². The van der Waals surface area contributed by atoms with Crippen molar-refractivity contribution in [3.8, 4) is 0 Å². The summed E-state index contributed by atoms with van der Waals surface area (Å²) in [6.07, 6.45) is 2.79. The molecule has 1 atom stereocenters. The Kier molecular flexibility index (Phi) is 5.06. The number of carbonyl (C=O) groups is 1. The summed E-state index contributed by atoms with van der Waals surface area (Å²) in [6, 6.07) is 0. The fourth-order valence-corrected chi connectivity index (χ4v) is 0.793. The van der Waals surface area contributed by atoms with Gasteiger partial charge in [0.25, 0.3) is 0 Å². The van der Waals surface area contributed by atoms with Crippen molar-refractivity contribution < 1.29 is 4.79 Å². The van der Waals surface area contributed by atoms with Gasteiger partial charge in [-0.3, -0.25) is 0 Å². The van der Waals surface area contributed by atoms with Gasteiger partial charge in [-0.1, -0.05) is 22.9 Å². The van der Waals surface area contributed by atoms with E-state index in [0.717, 1.165) is 12.8 Å². The topological polar surface area (TPSA) is 17.1 Å². The van der Waals surface area contributed by atoms with Crippen LogP contribution in [0.2, 0.25) is 0 Å². The van der Waals surface area contributed by atoms with E-state index in [2.05, 4.69) is 22.9 Å². The van der Waals surface area contributed by atoms with E-state index in [4.69, 9.17) is 0 Å². The molecule has 0 amide bonds. The molecule has 0 aliphatic carbocycles. The standard InChI is InChI=1S/C7H13BrO/c1-3-7(8)5-4-6(2)9/h7H,3-5H2,1-2H3/t7-/m1/s1. The minimum atomic E-state index is 0.285. The zero-order valence-corrected chi connectivity index (χ0v) is 7.57. The molecule has 0 aromatic heterocycles. The van der Waals surface area contributed by atoms with E-state index in [1.54, 1.807) is 6.92 Å². The SMILES string of the molecule is CC[C@@H](Br)CCC(C)=O. The zero-order valence-electron chi connectivity index (χ0n) is 5.98. The third-order valence-electron chi connectivity index (χ3n) is 1.25. The summed E-state index contributed by atoms with van der Waals surface area (Å²) in [6.45, 7) is 3.74. The predicted molar refractivity (Wildman–Crippen MR) is 42.9 cm³/mol. The highest BCUT2D eigenvalue weighted by molar-refractivity contribution is 9.09. The number of Topliss-reactive ketones (excluding diaryl/α,β-unsaturated/α-hetero) is 1. The van der Waals surface area contributed by atoms with Crippen LogP contribution in [0.3, 0.4) is 0 Å². The van der Waals surface area contributed by atoms with E-state index in [-0.39, 0.29) is 5.78 Å². The van der Waals surface area contributed by atoms with Crippen molar-refractivity contribution in [2.75, 3.05) is 0 Å². The molecule has 0 radical (unpaired) electrons. The van der Waals surface area contributed by atoms with Crippen molar-refractivity contribution in [3.63, 3.8) is 0 Å². The van der Waals surface area contributed by atoms with Gasteiger partial charge in [-0.05, 0) is 19.8 Å². The molecule has 0 aromatic rings. The van der Waals surface area contributed by atoms with E-state index in [1.165, 1.54) is 0 Å². The molecule has 0 aromatic carbocycles. The van der Waals surface area contributed by atoms with Crippen LogP contribution in [0.25, 0.3) is 0 Å². The first kappa shape index (κ1) is 9.15. The number of hydrogen-bond acceptors (Lipinski definition) is 1. The second-order valence-corrected chi connectivity index (χ2v) is 3.54. The Morgan fingerprint density at radius 3 is 2.56 bits per heavy atom. The normalized spacial score (nSPS) is 13.2. The first-order valence-electron chi connectivity index (χ1n) is 3.30. The third kappa shape index (κ3) is 6.03. The van der Waals surface area contributed by atoms with Crippen molar-refractivity contribution in [1.82, 2.24) is 0 Å². The Labute approximate surface area is 65.0 Å². The van der Waals surface area contributed by atoms with Crippen LogP contribution < -0.4 is 0 Å². The number of hydrogen-bond donors (Lipinski definition) is 0. The Morgan fingerprint density at radius 2 is 2.22 bits per heavy atom. The zero-order chi connectivity index (χ0) is 7.28. The van der Waals surface area contributed by atoms with Gasteiger partial charge in [-0.25, -0.2) is 0 Å². The summed E-state index contributed by atoms with van der Waals surface area (Å²) in [5.41, 5.74) is 0. The van der Waals surface area contributed by atoms with Crippen LogP contribution in [0, 0.1) is 0 Å². The molecule has 0 aliphatic rings. The molecule has 0 spiro atoms. The van der Waals surface area contributed by atoms with E-state index in [0.29, 0.717) is 11.2 Å². The molecule has 0 unspecified atom stereocenters. The summed E-state index contributed by atoms with van der Waals surface area (Å²) in [5.74, 6) is 0.285. The Morgan fingerprint density at radius 1 is 1.67 bits per heavy atom. The molecule has 1 nitrogen and oxygen atoms in total. The molecule has 0 saturated heterocycles. The van der Waals surface area contributed by atoms with Crippen LogP contribution in [0.1, 0.15) is 33.1 Å². The average molecular weight is 193 g/mol. The highest BCUT2D eigenvalue weighted by Crippen LogP contribution is 2.11. The summed E-state index contributed by atoms with van der Waals surface area (Å²) >= 11 is 3.45. The van der Waals surface area contributed by atoms with Crippen molar-refractivity contribution >= 4 is 21.7 Å². The second-order valence-electron chi connectivity index (χ2n) is 2.25. The van der Waals surface area contributed by atoms with Crippen molar-refractivity contribution in [3.05, 3.63) is 0 Å². The summed E-state index contributed by atoms with van der Waals surface area (Å²) in [7, 11) is 0. The van der Waals surface area contributed by atoms with Crippen molar-refractivity contribution in [1.29, 1.82) is 0 Å². The summed E-state index contributed by atoms with van der Waals surface area (Å²) in [5, 5.41) is 0. The maximum absolute atomic E-state index is 10.4. The van der Waals surface area contributed by atoms with Crippen LogP contribution >= 0.6 is 15.9 Å². The fraction of sp³-hybridized carbons (Fsp3) is 0.857. The molecule has 0 fully saturated rings. The lowest BCUT2D eigenvalue weighted by molar-refractivity contribution is -0.117. The number of halogens is 1. The first-order valence-corrected chi connectivity index (χ1v) is 4.22. The molecule has 0 aliphatic heterocycles. The summed E-state index contributed by atoms with van der Waals surface area (Å²) in [4.78, 5) is 11.0. The number of carbonyl (C=O) groups excluding carboxylic acids is 1. The van der Waals surface area contributed by atoms with E-state index < -0.39 is 0 Å². The Bertz CT molecular complexity index is 90.9. The van der Waals surface area contributed by atoms with Gasteiger partial charge in [-0.2, -0.15) is 0 Å². The highest BCUT2D eigenvalue weighted by atomic mass is 79.9. The second kappa shape index (κ2) is 4.98. The number of alkyl halides is 1. The molecule has 0 N–H and O–H groups in total. The van der Waals surface area contributed by atoms with Crippen molar-refractivity contribution in [2.45, 2.75) is 37.9 Å². The molecule has 0 saturated carbocycles. The van der Waals surface area contributed by atoms with Gasteiger partial charge in [0, 0.05) is 11.2 Å². The quantitative estimate of drug-likeness (QED) is 0.627. The van der Waals surface area contributed by atoms with Crippen LogP contribution in [-0.4, -0.2) is 10.6 Å². The smallest absolute Gasteiger partial charge is 0.129 e. The van der Waals surface area contributed by atoms with Crippen LogP contribution in [0.4, 0.5) is 0 Å². The maximum Gasteiger partial charge on any atom is 0.129 e. The average Bonchev–Trinajstić information content (AvgIpc) is 1.83. The molecule has 9 heavy (non-hydrogen) atoms. The minimum absolute atomic E-state index is 0.285. The van der Waals surface area contributed by atoms with Crippen LogP contribution in [0.5, 0.6) is 0 Å². The third-order valence-corrected chi connectivity index (χ3v) is 2.36. The monoisotopic (exact) mass is 192 g/mol. The van der Waals surface area contributed by atoms with Gasteiger partial charge in [-0.15, -0.1) is 0 Å². The summed E-state index contributed by atoms with van der Waals surface area (Å²) < 4.78 is 0. The predicted octanol–water partition coefficient (Wildman–Crippen LogP) is 2.53. The van der Waals surface area contributed by atoms with Gasteiger partial charge in [0.2, 0.25) is 0 Å². The lowest BCUT2D eigenvalue weighted by Crippen LogP contribution is -1.98. The maximum atomic E-state index is 10.4. The number of ketones is 1. The van der Waals surface area contributed by atoms with Crippen LogP contribution in [-0.2, 0) is 4.79 Å². The lowest BCUT2D eigenvalue weighted by Gasteiger charge is -2.02. The Balaban J connectivity index is 3.16. The minimum Gasteiger partial charge on any atom is -0.300 e. The van der Waals surface area contributed by atoms with Gasteiger partial charge in [0.1, 0.15) is 5.78 Å². The molecule has 0 rings (SSSR count). The largest absolute Gasteiger partial charge is 0.300 e. The molecule has 54 valence electrons. The molecule has 0 heterocycles. The molecular weight excluding hydrogens is 180 g/mol. The number of rotatable bonds is 4. The van der Waals surface area contributed by atoms with Gasteiger partial charge < -0.3 is 4.79 Å².